The molecule has 0 bridgehead atoms. The first-order chi connectivity index (χ1) is 15.0. The molecular weight excluding hydrogens is 408 g/mol. The zero-order chi connectivity index (χ0) is 21.4. The van der Waals surface area contributed by atoms with E-state index in [-0.39, 0.29) is 0 Å². The van der Waals surface area contributed by atoms with E-state index < -0.39 is 0 Å². The zero-order valence-corrected chi connectivity index (χ0v) is 17.8. The van der Waals surface area contributed by atoms with E-state index in [2.05, 4.69) is 21.7 Å². The molecule has 2 heterocycles. The molecule has 0 fully saturated rings. The number of halogens is 1. The summed E-state index contributed by atoms with van der Waals surface area (Å²) in [6, 6.07) is 23.4. The number of nitrogens with zero attached hydrogens (tertiary/aromatic N) is 3. The average Bonchev–Trinajstić information content (AvgIpc) is 3.08. The van der Waals surface area contributed by atoms with Gasteiger partial charge in [-0.25, -0.2) is 9.97 Å². The molecule has 0 aliphatic heterocycles. The summed E-state index contributed by atoms with van der Waals surface area (Å²) in [7, 11) is 2.03. The Kier molecular flexibility index (Phi) is 4.96. The fourth-order valence-electron chi connectivity index (χ4n) is 3.71. The Balaban J connectivity index is 1.28. The molecule has 5 nitrogen and oxygen atoms in total. The number of hydrogen-bond acceptors (Lipinski definition) is 4. The second-order valence-corrected chi connectivity index (χ2v) is 8.00. The van der Waals surface area contributed by atoms with E-state index in [1.54, 1.807) is 0 Å². The van der Waals surface area contributed by atoms with Crippen LogP contribution in [0.15, 0.2) is 72.8 Å². The molecule has 0 atom stereocenters. The van der Waals surface area contributed by atoms with Crippen LogP contribution in [0.3, 0.4) is 0 Å². The summed E-state index contributed by atoms with van der Waals surface area (Å²) in [5.41, 5.74) is 10.7. The molecule has 154 valence electrons. The molecule has 0 saturated heterocycles. The molecule has 5 rings (SSSR count). The zero-order valence-electron chi connectivity index (χ0n) is 17.0. The predicted molar refractivity (Wildman–Crippen MR) is 126 cm³/mol. The molecule has 0 radical (unpaired) electrons. The minimum atomic E-state index is 0.543. The molecule has 6 heteroatoms. The van der Waals surface area contributed by atoms with Crippen molar-refractivity contribution in [1.29, 1.82) is 0 Å². The van der Waals surface area contributed by atoms with Crippen molar-refractivity contribution >= 4 is 39.2 Å². The topological polar surface area (TPSA) is 66.0 Å². The lowest BCUT2D eigenvalue weighted by atomic mass is 10.1. The van der Waals surface area contributed by atoms with Gasteiger partial charge in [-0.2, -0.15) is 0 Å². The van der Waals surface area contributed by atoms with E-state index in [1.165, 1.54) is 5.56 Å². The Hall–Kier alpha value is -3.57. The summed E-state index contributed by atoms with van der Waals surface area (Å²) in [5.74, 6) is 2.33. The summed E-state index contributed by atoms with van der Waals surface area (Å²) in [4.78, 5) is 9.28. The molecule has 0 spiro atoms. The van der Waals surface area contributed by atoms with E-state index in [0.29, 0.717) is 10.9 Å². The molecule has 0 aliphatic carbocycles. The molecule has 3 aromatic carbocycles. The van der Waals surface area contributed by atoms with Crippen molar-refractivity contribution in [3.05, 3.63) is 89.2 Å². The smallest absolute Gasteiger partial charge is 0.219 e. The molecular formula is C25H21ClN4O. The number of rotatable bonds is 5. The third-order valence-corrected chi connectivity index (χ3v) is 5.64. The maximum absolute atomic E-state index is 6.07. The molecule has 0 aliphatic rings. The molecule has 5 aromatic rings. The van der Waals surface area contributed by atoms with Crippen LogP contribution in [0, 0.1) is 0 Å². The maximum atomic E-state index is 6.07. The highest BCUT2D eigenvalue weighted by atomic mass is 35.5. The van der Waals surface area contributed by atoms with Gasteiger partial charge in [0.05, 0.1) is 16.6 Å². The molecule has 0 amide bonds. The van der Waals surface area contributed by atoms with E-state index in [1.807, 2.05) is 67.7 Å². The highest BCUT2D eigenvalue weighted by molar-refractivity contribution is 6.31. The van der Waals surface area contributed by atoms with Gasteiger partial charge in [-0.3, -0.25) is 0 Å². The number of benzene rings is 3. The van der Waals surface area contributed by atoms with Gasteiger partial charge >= 0.3 is 0 Å². The maximum Gasteiger partial charge on any atom is 0.219 e. The molecule has 31 heavy (non-hydrogen) atoms. The molecule has 2 N–H and O–H groups in total. The molecule has 0 saturated carbocycles. The lowest BCUT2D eigenvalue weighted by Gasteiger charge is -2.08. The summed E-state index contributed by atoms with van der Waals surface area (Å²) in [6.07, 6.45) is 1.73. The average molecular weight is 429 g/mol. The van der Waals surface area contributed by atoms with Crippen molar-refractivity contribution in [2.75, 3.05) is 5.73 Å². The second-order valence-electron chi connectivity index (χ2n) is 7.57. The number of ether oxygens (including phenoxy) is 1. The van der Waals surface area contributed by atoms with Crippen LogP contribution in [0.5, 0.6) is 11.6 Å². The van der Waals surface area contributed by atoms with Gasteiger partial charge in [-0.05, 0) is 60.5 Å². The number of fused-ring (bicyclic) bond motifs is 2. The summed E-state index contributed by atoms with van der Waals surface area (Å²) in [6.45, 7) is 0. The van der Waals surface area contributed by atoms with Gasteiger partial charge in [0.1, 0.15) is 11.6 Å². The predicted octanol–water partition coefficient (Wildman–Crippen LogP) is 5.93. The first-order valence-electron chi connectivity index (χ1n) is 10.1. The van der Waals surface area contributed by atoms with Crippen molar-refractivity contribution in [1.82, 2.24) is 14.5 Å². The van der Waals surface area contributed by atoms with Gasteiger partial charge in [-0.1, -0.05) is 29.8 Å². The van der Waals surface area contributed by atoms with Gasteiger partial charge in [0.2, 0.25) is 5.88 Å². The fraction of sp³-hybridized carbons (Fsp3) is 0.120. The fourth-order valence-corrected chi connectivity index (χ4v) is 3.88. The van der Waals surface area contributed by atoms with E-state index in [9.17, 15) is 0 Å². The van der Waals surface area contributed by atoms with E-state index >= 15 is 0 Å². The lowest BCUT2D eigenvalue weighted by Crippen LogP contribution is -2.00. The standard InChI is InChI=1S/C25H21ClN4O/c1-30-23-15-19(27)8-11-21(23)28-24(30)12-4-16-2-9-20(10-3-16)31-25-13-6-17-5-7-18(26)14-22(17)29-25/h2-3,5-11,13-15H,4,12,27H2,1H3. The first-order valence-corrected chi connectivity index (χ1v) is 10.5. The first kappa shape index (κ1) is 19.4. The number of imidazole rings is 1. The van der Waals surface area contributed by atoms with Crippen LogP contribution in [0.2, 0.25) is 5.02 Å². The van der Waals surface area contributed by atoms with Crippen LogP contribution in [0.4, 0.5) is 5.69 Å². The van der Waals surface area contributed by atoms with Gasteiger partial charge in [-0.15, -0.1) is 0 Å². The van der Waals surface area contributed by atoms with Gasteiger partial charge in [0, 0.05) is 35.6 Å². The summed E-state index contributed by atoms with van der Waals surface area (Å²) in [5, 5.41) is 1.68. The quantitative estimate of drug-likeness (QED) is 0.352. The van der Waals surface area contributed by atoms with Crippen LogP contribution in [-0.4, -0.2) is 14.5 Å². The summed E-state index contributed by atoms with van der Waals surface area (Å²) >= 11 is 6.07. The van der Waals surface area contributed by atoms with Crippen molar-refractivity contribution in [3.63, 3.8) is 0 Å². The monoisotopic (exact) mass is 428 g/mol. The Morgan fingerprint density at radius 3 is 2.52 bits per heavy atom. The Bertz CT molecular complexity index is 1390. The number of pyridine rings is 1. The highest BCUT2D eigenvalue weighted by Crippen LogP contribution is 2.25. The number of aromatic nitrogens is 3. The van der Waals surface area contributed by atoms with Crippen molar-refractivity contribution in [2.24, 2.45) is 7.05 Å². The lowest BCUT2D eigenvalue weighted by molar-refractivity contribution is 0.465. The highest BCUT2D eigenvalue weighted by Gasteiger charge is 2.09. The largest absolute Gasteiger partial charge is 0.439 e. The SMILES string of the molecule is Cn1c(CCc2ccc(Oc3ccc4ccc(Cl)cc4n3)cc2)nc2ccc(N)cc21. The third kappa shape index (κ3) is 4.05. The molecule has 0 unspecified atom stereocenters. The summed E-state index contributed by atoms with van der Waals surface area (Å²) < 4.78 is 8.04. The van der Waals surface area contributed by atoms with Gasteiger partial charge in [0.25, 0.3) is 0 Å². The Labute approximate surface area is 185 Å². The van der Waals surface area contributed by atoms with Crippen LogP contribution in [-0.2, 0) is 19.9 Å². The van der Waals surface area contributed by atoms with Gasteiger partial charge < -0.3 is 15.0 Å². The van der Waals surface area contributed by atoms with E-state index in [4.69, 9.17) is 27.1 Å². The van der Waals surface area contributed by atoms with Crippen LogP contribution in [0.25, 0.3) is 21.9 Å². The van der Waals surface area contributed by atoms with Crippen molar-refractivity contribution < 1.29 is 4.74 Å². The van der Waals surface area contributed by atoms with Gasteiger partial charge in [0.15, 0.2) is 0 Å². The minimum Gasteiger partial charge on any atom is -0.439 e. The Morgan fingerprint density at radius 2 is 1.68 bits per heavy atom. The molecule has 2 aromatic heterocycles. The normalized spacial score (nSPS) is 11.3. The number of aryl methyl sites for hydroxylation is 3. The van der Waals surface area contributed by atoms with Crippen LogP contribution >= 0.6 is 11.6 Å². The van der Waals surface area contributed by atoms with Crippen LogP contribution < -0.4 is 10.5 Å². The second kappa shape index (κ2) is 7.93. The van der Waals surface area contributed by atoms with Crippen molar-refractivity contribution in [2.45, 2.75) is 12.8 Å². The van der Waals surface area contributed by atoms with E-state index in [0.717, 1.165) is 52.0 Å². The number of anilines is 1. The third-order valence-electron chi connectivity index (χ3n) is 5.41. The van der Waals surface area contributed by atoms with Crippen molar-refractivity contribution in [3.8, 4) is 11.6 Å². The minimum absolute atomic E-state index is 0.543. The number of nitrogens with two attached hydrogens (primary N) is 1. The Morgan fingerprint density at radius 1 is 0.871 bits per heavy atom. The van der Waals surface area contributed by atoms with Crippen LogP contribution in [0.1, 0.15) is 11.4 Å². The number of nitrogen functional groups attached to an aromatic ring is 1. The number of hydrogen-bond donors (Lipinski definition) is 1.